The minimum Gasteiger partial charge on any atom is -0.310 e. The molecule has 1 aliphatic heterocycles. The Labute approximate surface area is 157 Å². The molecule has 1 fully saturated rings. The summed E-state index contributed by atoms with van der Waals surface area (Å²) in [6.45, 7) is 3.85. The summed E-state index contributed by atoms with van der Waals surface area (Å²) in [5.41, 5.74) is -0.431. The molecule has 0 aliphatic carbocycles. The van der Waals surface area contributed by atoms with Gasteiger partial charge >= 0.3 is 5.69 Å². The second kappa shape index (κ2) is 8.03. The molecule has 2 aromatic rings. The summed E-state index contributed by atoms with van der Waals surface area (Å²) in [5.74, 6) is 0. The van der Waals surface area contributed by atoms with Gasteiger partial charge in [0.25, 0.3) is 5.56 Å². The molecule has 0 radical (unpaired) electrons. The zero-order valence-electron chi connectivity index (χ0n) is 15.0. The van der Waals surface area contributed by atoms with Crippen LogP contribution in [0, 0.1) is 6.92 Å². The van der Waals surface area contributed by atoms with Gasteiger partial charge in [0, 0.05) is 38.4 Å². The first kappa shape index (κ1) is 19.3. The lowest BCUT2D eigenvalue weighted by atomic mass is 10.2. The van der Waals surface area contributed by atoms with Crippen LogP contribution in [0.25, 0.3) is 6.08 Å². The van der Waals surface area contributed by atoms with Crippen molar-refractivity contribution in [2.45, 2.75) is 11.8 Å². The van der Waals surface area contributed by atoms with Crippen LogP contribution in [0.5, 0.6) is 0 Å². The highest BCUT2D eigenvalue weighted by Gasteiger charge is 2.32. The summed E-state index contributed by atoms with van der Waals surface area (Å²) in [6.07, 6.45) is 4.09. The molecule has 2 heterocycles. The van der Waals surface area contributed by atoms with Crippen molar-refractivity contribution in [1.82, 2.24) is 19.2 Å². The molecule has 0 atom stereocenters. The number of piperazine rings is 1. The minimum atomic E-state index is -3.95. The van der Waals surface area contributed by atoms with Crippen LogP contribution in [0.1, 0.15) is 11.3 Å². The summed E-state index contributed by atoms with van der Waals surface area (Å²) >= 11 is 0. The molecule has 0 bridgehead atoms. The Kier molecular flexibility index (Phi) is 5.73. The number of sulfonamides is 1. The SMILES string of the molecule is Cc1[nH]c(=O)[nH]c(=O)c1S(=O)(=O)N1CCN(CC=Cc2ccccc2)CC1. The fraction of sp³-hybridized carbons (Fsp3) is 0.333. The van der Waals surface area contributed by atoms with E-state index in [1.165, 1.54) is 11.2 Å². The van der Waals surface area contributed by atoms with Gasteiger partial charge in [-0.1, -0.05) is 42.5 Å². The van der Waals surface area contributed by atoms with E-state index in [1.54, 1.807) is 0 Å². The molecule has 1 aliphatic rings. The third kappa shape index (κ3) is 4.44. The van der Waals surface area contributed by atoms with E-state index in [-0.39, 0.29) is 10.6 Å². The first-order chi connectivity index (χ1) is 12.9. The molecule has 9 heteroatoms. The molecular formula is C18H22N4O4S. The van der Waals surface area contributed by atoms with E-state index in [9.17, 15) is 18.0 Å². The number of nitrogens with one attached hydrogen (secondary N) is 2. The van der Waals surface area contributed by atoms with E-state index in [0.717, 1.165) is 12.1 Å². The highest BCUT2D eigenvalue weighted by Crippen LogP contribution is 2.16. The second-order valence-electron chi connectivity index (χ2n) is 6.38. The number of aromatic amines is 2. The average molecular weight is 390 g/mol. The molecule has 2 N–H and O–H groups in total. The summed E-state index contributed by atoms with van der Waals surface area (Å²) < 4.78 is 26.9. The Hall–Kier alpha value is -2.49. The monoisotopic (exact) mass is 390 g/mol. The third-order valence-corrected chi connectivity index (χ3v) is 6.53. The van der Waals surface area contributed by atoms with Gasteiger partial charge < -0.3 is 4.98 Å². The van der Waals surface area contributed by atoms with E-state index in [4.69, 9.17) is 0 Å². The van der Waals surface area contributed by atoms with Gasteiger partial charge in [-0.15, -0.1) is 0 Å². The van der Waals surface area contributed by atoms with Crippen LogP contribution < -0.4 is 11.2 Å². The van der Waals surface area contributed by atoms with Gasteiger partial charge in [0.05, 0.1) is 0 Å². The lowest BCUT2D eigenvalue weighted by Gasteiger charge is -2.33. The Morgan fingerprint density at radius 1 is 1.04 bits per heavy atom. The Bertz CT molecular complexity index is 1030. The Morgan fingerprint density at radius 2 is 1.70 bits per heavy atom. The largest absolute Gasteiger partial charge is 0.325 e. The second-order valence-corrected chi connectivity index (χ2v) is 8.25. The van der Waals surface area contributed by atoms with Crippen LogP contribution in [-0.2, 0) is 10.0 Å². The molecule has 0 saturated carbocycles. The fourth-order valence-electron chi connectivity index (χ4n) is 3.08. The number of benzene rings is 1. The number of aryl methyl sites for hydroxylation is 1. The normalized spacial score (nSPS) is 16.8. The zero-order chi connectivity index (χ0) is 19.4. The molecule has 0 unspecified atom stereocenters. The van der Waals surface area contributed by atoms with Crippen LogP contribution in [0.2, 0.25) is 0 Å². The van der Waals surface area contributed by atoms with Gasteiger partial charge in [-0.2, -0.15) is 4.31 Å². The highest BCUT2D eigenvalue weighted by atomic mass is 32.2. The maximum absolute atomic E-state index is 12.8. The number of hydrogen-bond donors (Lipinski definition) is 2. The number of hydrogen-bond acceptors (Lipinski definition) is 5. The van der Waals surface area contributed by atoms with Crippen LogP contribution in [0.15, 0.2) is 50.9 Å². The van der Waals surface area contributed by atoms with Gasteiger partial charge in [0.1, 0.15) is 0 Å². The van der Waals surface area contributed by atoms with Crippen LogP contribution in [0.3, 0.4) is 0 Å². The molecule has 27 heavy (non-hydrogen) atoms. The predicted molar refractivity (Wildman–Crippen MR) is 103 cm³/mol. The third-order valence-electron chi connectivity index (χ3n) is 4.48. The van der Waals surface area contributed by atoms with E-state index >= 15 is 0 Å². The van der Waals surface area contributed by atoms with Crippen molar-refractivity contribution in [3.05, 3.63) is 68.5 Å². The van der Waals surface area contributed by atoms with Gasteiger partial charge in [0.15, 0.2) is 4.90 Å². The average Bonchev–Trinajstić information content (AvgIpc) is 2.62. The van der Waals surface area contributed by atoms with Gasteiger partial charge in [-0.3, -0.25) is 14.7 Å². The minimum absolute atomic E-state index is 0.0528. The Balaban J connectivity index is 1.64. The molecule has 1 aromatic heterocycles. The molecule has 1 saturated heterocycles. The number of aromatic nitrogens is 2. The number of nitrogens with zero attached hydrogens (tertiary/aromatic N) is 2. The topological polar surface area (TPSA) is 106 Å². The molecular weight excluding hydrogens is 368 g/mol. The molecule has 1 aromatic carbocycles. The highest BCUT2D eigenvalue weighted by molar-refractivity contribution is 7.89. The first-order valence-corrected chi connectivity index (χ1v) is 10.1. The molecule has 8 nitrogen and oxygen atoms in total. The molecule has 0 spiro atoms. The zero-order valence-corrected chi connectivity index (χ0v) is 15.8. The van der Waals surface area contributed by atoms with E-state index in [1.807, 2.05) is 41.4 Å². The van der Waals surface area contributed by atoms with E-state index in [0.29, 0.717) is 26.2 Å². The van der Waals surface area contributed by atoms with Crippen LogP contribution >= 0.6 is 0 Å². The standard InChI is InChI=1S/C18H22N4O4S/c1-14-16(17(23)20-18(24)19-14)27(25,26)22-12-10-21(11-13-22)9-5-8-15-6-3-2-4-7-15/h2-8H,9-13H2,1H3,(H2,19,20,23,24). The van der Waals surface area contributed by atoms with Gasteiger partial charge in [-0.25, -0.2) is 13.2 Å². The van der Waals surface area contributed by atoms with Crippen molar-refractivity contribution in [1.29, 1.82) is 0 Å². The Morgan fingerprint density at radius 3 is 2.33 bits per heavy atom. The van der Waals surface area contributed by atoms with Crippen molar-refractivity contribution < 1.29 is 8.42 Å². The molecule has 3 rings (SSSR count). The van der Waals surface area contributed by atoms with Crippen molar-refractivity contribution in [3.63, 3.8) is 0 Å². The maximum Gasteiger partial charge on any atom is 0.325 e. The van der Waals surface area contributed by atoms with Crippen molar-refractivity contribution in [2.24, 2.45) is 0 Å². The van der Waals surface area contributed by atoms with Crippen LogP contribution in [0.4, 0.5) is 0 Å². The molecule has 144 valence electrons. The maximum atomic E-state index is 12.8. The number of H-pyrrole nitrogens is 2. The number of rotatable bonds is 5. The van der Waals surface area contributed by atoms with Crippen LogP contribution in [-0.4, -0.2) is 60.3 Å². The van der Waals surface area contributed by atoms with Gasteiger partial charge in [0.2, 0.25) is 10.0 Å². The summed E-state index contributed by atoms with van der Waals surface area (Å²) in [5, 5.41) is 0. The predicted octanol–water partition coefficient (Wildman–Crippen LogP) is 0.391. The summed E-state index contributed by atoms with van der Waals surface area (Å²) in [4.78, 5) is 29.4. The van der Waals surface area contributed by atoms with E-state index in [2.05, 4.69) is 16.0 Å². The first-order valence-electron chi connectivity index (χ1n) is 8.65. The van der Waals surface area contributed by atoms with Gasteiger partial charge in [-0.05, 0) is 12.5 Å². The van der Waals surface area contributed by atoms with Crippen molar-refractivity contribution in [2.75, 3.05) is 32.7 Å². The summed E-state index contributed by atoms with van der Waals surface area (Å²) in [7, 11) is -3.95. The lowest BCUT2D eigenvalue weighted by Crippen LogP contribution is -2.49. The lowest BCUT2D eigenvalue weighted by molar-refractivity contribution is 0.204. The van der Waals surface area contributed by atoms with E-state index < -0.39 is 21.3 Å². The van der Waals surface area contributed by atoms with Crippen molar-refractivity contribution >= 4 is 16.1 Å². The smallest absolute Gasteiger partial charge is 0.310 e. The van der Waals surface area contributed by atoms with Crippen molar-refractivity contribution in [3.8, 4) is 0 Å². The molecule has 0 amide bonds. The quantitative estimate of drug-likeness (QED) is 0.768. The summed E-state index contributed by atoms with van der Waals surface area (Å²) in [6, 6.07) is 9.95. The fourth-order valence-corrected chi connectivity index (χ4v) is 4.71.